The van der Waals surface area contributed by atoms with Crippen LogP contribution in [0.3, 0.4) is 0 Å². The number of aromatic nitrogens is 3. The molecular weight excluding hydrogens is 535 g/mol. The van der Waals surface area contributed by atoms with Gasteiger partial charge in [-0.1, -0.05) is 41.7 Å². The number of hydrogen-bond acceptors (Lipinski definition) is 9. The maximum atomic E-state index is 15.0. The number of ether oxygens (including phenoxy) is 1. The molecule has 11 nitrogen and oxygen atoms in total. The summed E-state index contributed by atoms with van der Waals surface area (Å²) in [6, 6.07) is 10.2. The van der Waals surface area contributed by atoms with Crippen molar-refractivity contribution in [3.05, 3.63) is 48.8 Å². The van der Waals surface area contributed by atoms with Gasteiger partial charge in [-0.05, 0) is 37.9 Å². The van der Waals surface area contributed by atoms with E-state index in [0.29, 0.717) is 23.4 Å². The first-order chi connectivity index (χ1) is 19.4. The fraction of sp³-hybridized carbons (Fsp3) is 0.444. The normalized spacial score (nSPS) is 20.1. The van der Waals surface area contributed by atoms with Gasteiger partial charge in [-0.25, -0.2) is 23.9 Å². The molecule has 2 aromatic heterocycles. The van der Waals surface area contributed by atoms with E-state index >= 15 is 4.39 Å². The molecule has 3 amide bonds. The second-order valence-electron chi connectivity index (χ2n) is 10.0. The van der Waals surface area contributed by atoms with Crippen molar-refractivity contribution in [3.8, 4) is 10.4 Å². The minimum atomic E-state index is -1.21. The minimum Gasteiger partial charge on any atom is -0.446 e. The number of likely N-dealkylation sites (tertiary alicyclic amines) is 1. The van der Waals surface area contributed by atoms with E-state index < -0.39 is 24.3 Å². The van der Waals surface area contributed by atoms with Crippen LogP contribution in [0.15, 0.2) is 48.8 Å². The van der Waals surface area contributed by atoms with Gasteiger partial charge in [-0.3, -0.25) is 10.6 Å². The molecule has 4 heterocycles. The molecule has 212 valence electrons. The highest BCUT2D eigenvalue weighted by Crippen LogP contribution is 2.29. The van der Waals surface area contributed by atoms with E-state index in [0.717, 1.165) is 36.4 Å². The van der Waals surface area contributed by atoms with Crippen LogP contribution in [0, 0.1) is 0 Å². The van der Waals surface area contributed by atoms with Crippen LogP contribution in [0.25, 0.3) is 10.4 Å². The summed E-state index contributed by atoms with van der Waals surface area (Å²) in [5.74, 6) is 0.640. The summed E-state index contributed by atoms with van der Waals surface area (Å²) in [5.41, 5.74) is 1.01. The predicted molar refractivity (Wildman–Crippen MR) is 153 cm³/mol. The molecule has 13 heteroatoms. The maximum Gasteiger partial charge on any atom is 0.413 e. The van der Waals surface area contributed by atoms with E-state index in [2.05, 4.69) is 30.5 Å². The first kappa shape index (κ1) is 27.7. The molecule has 2 N–H and O–H groups in total. The number of nitrogens with zero attached hydrogens (tertiary/aromatic N) is 6. The first-order valence-corrected chi connectivity index (χ1v) is 14.1. The number of urea groups is 1. The minimum absolute atomic E-state index is 0.127. The van der Waals surface area contributed by atoms with Crippen molar-refractivity contribution in [2.45, 2.75) is 37.6 Å². The van der Waals surface area contributed by atoms with E-state index in [1.54, 1.807) is 19.3 Å². The van der Waals surface area contributed by atoms with Crippen molar-refractivity contribution in [1.29, 1.82) is 0 Å². The Hall–Kier alpha value is -3.84. The van der Waals surface area contributed by atoms with E-state index in [4.69, 9.17) is 4.74 Å². The number of likely N-dealkylation sites (N-methyl/N-ethyl adjacent to an activating group) is 1. The summed E-state index contributed by atoms with van der Waals surface area (Å²) in [7, 11) is 3.61. The molecule has 5 rings (SSSR count). The van der Waals surface area contributed by atoms with E-state index in [9.17, 15) is 9.59 Å². The number of carbonyl (C=O) groups excluding carboxylic acids is 2. The van der Waals surface area contributed by atoms with E-state index in [1.807, 2.05) is 42.3 Å². The average Bonchev–Trinajstić information content (AvgIpc) is 3.43. The summed E-state index contributed by atoms with van der Waals surface area (Å²) >= 11 is 1.35. The topological polar surface area (TPSA) is 116 Å². The van der Waals surface area contributed by atoms with Crippen molar-refractivity contribution in [2.24, 2.45) is 0 Å². The number of nitrogens with one attached hydrogen (secondary N) is 2. The van der Waals surface area contributed by atoms with Crippen LogP contribution in [0.1, 0.15) is 19.3 Å². The van der Waals surface area contributed by atoms with Crippen LogP contribution in [0.5, 0.6) is 0 Å². The Balaban J connectivity index is 1.18. The van der Waals surface area contributed by atoms with Gasteiger partial charge in [0.15, 0.2) is 5.13 Å². The van der Waals surface area contributed by atoms with Crippen molar-refractivity contribution in [2.75, 3.05) is 55.8 Å². The Morgan fingerprint density at radius 3 is 2.62 bits per heavy atom. The summed E-state index contributed by atoms with van der Waals surface area (Å²) < 4.78 is 20.6. The van der Waals surface area contributed by atoms with Gasteiger partial charge in [-0.2, -0.15) is 4.98 Å². The van der Waals surface area contributed by atoms with Crippen LogP contribution in [0.2, 0.25) is 0 Å². The van der Waals surface area contributed by atoms with Crippen LogP contribution in [0.4, 0.5) is 30.9 Å². The molecule has 40 heavy (non-hydrogen) atoms. The van der Waals surface area contributed by atoms with Gasteiger partial charge in [0.05, 0.1) is 10.9 Å². The fourth-order valence-corrected chi connectivity index (χ4v) is 5.62. The van der Waals surface area contributed by atoms with E-state index in [-0.39, 0.29) is 19.1 Å². The predicted octanol–water partition coefficient (Wildman–Crippen LogP) is 4.32. The summed E-state index contributed by atoms with van der Waals surface area (Å²) in [6.45, 7) is 2.34. The quantitative estimate of drug-likeness (QED) is 0.452. The Labute approximate surface area is 236 Å². The lowest BCUT2D eigenvalue weighted by Crippen LogP contribution is -2.55. The number of benzene rings is 1. The summed E-state index contributed by atoms with van der Waals surface area (Å²) in [6.07, 6.45) is 3.12. The third kappa shape index (κ3) is 6.83. The zero-order chi connectivity index (χ0) is 28.1. The lowest BCUT2D eigenvalue weighted by atomic mass is 10.0. The number of anilines is 3. The smallest absolute Gasteiger partial charge is 0.413 e. The molecule has 0 aliphatic carbocycles. The Bertz CT molecular complexity index is 1300. The second kappa shape index (κ2) is 12.6. The van der Waals surface area contributed by atoms with Gasteiger partial charge >= 0.3 is 12.1 Å². The lowest BCUT2D eigenvalue weighted by molar-refractivity contribution is 0.0661. The third-order valence-electron chi connectivity index (χ3n) is 7.19. The molecule has 3 aromatic rings. The molecule has 0 bridgehead atoms. The summed E-state index contributed by atoms with van der Waals surface area (Å²) in [4.78, 5) is 44.8. The standard InChI is InChI=1S/C27H33FN8O3S/c1-34-13-9-19(10-14-34)39-27(38)32-23-8-12-29-24(31-23)36-15-11-20(28)21(17-36)35(2)26(37)33-25-30-16-22(40-25)18-6-4-3-5-7-18/h3-8,12,16,19-21H,9-11,13-15,17H2,1-2H3,(H,30,33,37)(H,29,31,32,38)/t20-,21+/m1/s1. The lowest BCUT2D eigenvalue weighted by Gasteiger charge is -2.39. The highest BCUT2D eigenvalue weighted by atomic mass is 32.1. The number of piperidine rings is 2. The number of halogens is 1. The maximum absolute atomic E-state index is 15.0. The van der Waals surface area contributed by atoms with Gasteiger partial charge in [0, 0.05) is 45.6 Å². The van der Waals surface area contributed by atoms with Crippen LogP contribution >= 0.6 is 11.3 Å². The van der Waals surface area contributed by atoms with Crippen molar-refractivity contribution >= 4 is 40.4 Å². The van der Waals surface area contributed by atoms with Crippen molar-refractivity contribution in [1.82, 2.24) is 24.8 Å². The Kier molecular flexibility index (Phi) is 8.70. The van der Waals surface area contributed by atoms with Crippen LogP contribution in [-0.2, 0) is 4.74 Å². The fourth-order valence-electron chi connectivity index (χ4n) is 4.81. The molecule has 0 unspecified atom stereocenters. The number of thiazole rings is 1. The molecule has 0 saturated carbocycles. The molecule has 2 aliphatic heterocycles. The first-order valence-electron chi connectivity index (χ1n) is 13.3. The summed E-state index contributed by atoms with van der Waals surface area (Å²) in [5, 5.41) is 5.90. The highest BCUT2D eigenvalue weighted by Gasteiger charge is 2.35. The van der Waals surface area contributed by atoms with Gasteiger partial charge in [0.25, 0.3) is 0 Å². The number of rotatable bonds is 6. The molecule has 2 saturated heterocycles. The molecule has 2 atom stereocenters. The zero-order valence-electron chi connectivity index (χ0n) is 22.5. The average molecular weight is 569 g/mol. The second-order valence-corrected chi connectivity index (χ2v) is 11.1. The Morgan fingerprint density at radius 1 is 1.07 bits per heavy atom. The van der Waals surface area contributed by atoms with Gasteiger partial charge in [0.2, 0.25) is 5.95 Å². The van der Waals surface area contributed by atoms with Crippen molar-refractivity contribution < 1.29 is 18.7 Å². The van der Waals surface area contributed by atoms with Gasteiger partial charge in [-0.15, -0.1) is 0 Å². The largest absolute Gasteiger partial charge is 0.446 e. The molecule has 1 aromatic carbocycles. The molecular formula is C27H33FN8O3S. The van der Waals surface area contributed by atoms with Gasteiger partial charge in [0.1, 0.15) is 18.1 Å². The molecule has 0 spiro atoms. The number of alkyl halides is 1. The number of hydrogen-bond donors (Lipinski definition) is 2. The monoisotopic (exact) mass is 568 g/mol. The number of amides is 3. The van der Waals surface area contributed by atoms with Crippen LogP contribution < -0.4 is 15.5 Å². The van der Waals surface area contributed by atoms with Gasteiger partial charge < -0.3 is 19.4 Å². The SMILES string of the molecule is CN1CCC(OC(=O)Nc2ccnc(N3CC[C@@H](F)[C@@H](N(C)C(=O)Nc4ncc(-c5ccccc5)s4)C3)n2)CC1. The third-order valence-corrected chi connectivity index (χ3v) is 8.15. The van der Waals surface area contributed by atoms with Crippen LogP contribution in [-0.4, -0.2) is 95.5 Å². The highest BCUT2D eigenvalue weighted by molar-refractivity contribution is 7.19. The van der Waals surface area contributed by atoms with E-state index in [1.165, 1.54) is 22.4 Å². The molecule has 0 radical (unpaired) electrons. The Morgan fingerprint density at radius 2 is 1.85 bits per heavy atom. The number of carbonyl (C=O) groups is 2. The van der Waals surface area contributed by atoms with Crippen molar-refractivity contribution in [3.63, 3.8) is 0 Å². The molecule has 2 aliphatic rings. The molecule has 2 fully saturated rings. The zero-order valence-corrected chi connectivity index (χ0v) is 23.3.